The van der Waals surface area contributed by atoms with Crippen LogP contribution < -0.4 is 10.5 Å². The van der Waals surface area contributed by atoms with Crippen molar-refractivity contribution in [1.29, 1.82) is 0 Å². The van der Waals surface area contributed by atoms with Gasteiger partial charge in [-0.1, -0.05) is 45.0 Å². The zero-order valence-electron chi connectivity index (χ0n) is 14.0. The van der Waals surface area contributed by atoms with Gasteiger partial charge in [-0.25, -0.2) is 0 Å². The Morgan fingerprint density at radius 1 is 0.952 bits per heavy atom. The summed E-state index contributed by atoms with van der Waals surface area (Å²) in [5.74, 6) is 0.961. The molecule has 2 N–H and O–H groups in total. The predicted octanol–water partition coefficient (Wildman–Crippen LogP) is 5.25. The largest absolute Gasteiger partial charge is 0.494 e. The molecule has 2 aromatic rings. The topological polar surface area (TPSA) is 35.2 Å². The number of rotatable bonds is 3. The van der Waals surface area contributed by atoms with E-state index in [4.69, 9.17) is 10.5 Å². The third kappa shape index (κ3) is 8.74. The second kappa shape index (κ2) is 11.8. The molecule has 116 valence electrons. The van der Waals surface area contributed by atoms with Crippen molar-refractivity contribution in [3.63, 3.8) is 0 Å². The molecule has 0 aliphatic carbocycles. The van der Waals surface area contributed by atoms with E-state index in [0.29, 0.717) is 0 Å². The lowest BCUT2D eigenvalue weighted by molar-refractivity contribution is 0.340. The fourth-order valence-electron chi connectivity index (χ4n) is 1.68. The molecule has 0 spiro atoms. The molecule has 0 heterocycles. The van der Waals surface area contributed by atoms with E-state index in [1.54, 1.807) is 0 Å². The highest BCUT2D eigenvalue weighted by Crippen LogP contribution is 2.11. The van der Waals surface area contributed by atoms with Crippen molar-refractivity contribution in [3.05, 3.63) is 59.7 Å². The first-order chi connectivity index (χ1) is 10.2. The zero-order chi connectivity index (χ0) is 16.1. The Kier molecular flexibility index (Phi) is 10.7. The van der Waals surface area contributed by atoms with Gasteiger partial charge in [0.15, 0.2) is 0 Å². The summed E-state index contributed by atoms with van der Waals surface area (Å²) in [7, 11) is 0. The summed E-state index contributed by atoms with van der Waals surface area (Å²) in [5, 5.41) is 0. The number of benzene rings is 2. The Bertz CT molecular complexity index is 494. The van der Waals surface area contributed by atoms with Crippen LogP contribution in [-0.4, -0.2) is 6.61 Å². The summed E-state index contributed by atoms with van der Waals surface area (Å²) in [6.07, 6.45) is 1.06. The lowest BCUT2D eigenvalue weighted by Crippen LogP contribution is -1.90. The summed E-state index contributed by atoms with van der Waals surface area (Å²) >= 11 is 0. The SMILES string of the molecule is CC.CCOc1cccc(C)c1.CCc1cccc(N)c1. The Balaban J connectivity index is 0.000000342. The highest BCUT2D eigenvalue weighted by molar-refractivity contribution is 5.40. The number of anilines is 1. The number of nitrogen functional groups attached to an aromatic ring is 1. The van der Waals surface area contributed by atoms with Gasteiger partial charge >= 0.3 is 0 Å². The van der Waals surface area contributed by atoms with Gasteiger partial charge in [-0.15, -0.1) is 0 Å². The van der Waals surface area contributed by atoms with Crippen LogP contribution in [0.15, 0.2) is 48.5 Å². The second-order valence-electron chi connectivity index (χ2n) is 4.35. The maximum Gasteiger partial charge on any atom is 0.119 e. The fraction of sp³-hybridized carbons (Fsp3) is 0.368. The van der Waals surface area contributed by atoms with Crippen LogP contribution in [0.3, 0.4) is 0 Å². The fourth-order valence-corrected chi connectivity index (χ4v) is 1.68. The quantitative estimate of drug-likeness (QED) is 0.782. The third-order valence-corrected chi connectivity index (χ3v) is 2.66. The van der Waals surface area contributed by atoms with Crippen molar-refractivity contribution in [2.75, 3.05) is 12.3 Å². The molecule has 0 aromatic heterocycles. The zero-order valence-corrected chi connectivity index (χ0v) is 14.0. The maximum atomic E-state index is 5.53. The summed E-state index contributed by atoms with van der Waals surface area (Å²) in [4.78, 5) is 0. The van der Waals surface area contributed by atoms with Crippen LogP contribution in [0.2, 0.25) is 0 Å². The normalized spacial score (nSPS) is 8.81. The molecule has 2 aromatic carbocycles. The molecule has 2 rings (SSSR count). The lowest BCUT2D eigenvalue weighted by Gasteiger charge is -2.01. The van der Waals surface area contributed by atoms with Crippen molar-refractivity contribution in [3.8, 4) is 5.75 Å². The molecule has 21 heavy (non-hydrogen) atoms. The Morgan fingerprint density at radius 2 is 1.62 bits per heavy atom. The highest BCUT2D eigenvalue weighted by atomic mass is 16.5. The number of nitrogens with two attached hydrogens (primary N) is 1. The van der Waals surface area contributed by atoms with Gasteiger partial charge in [0.1, 0.15) is 5.75 Å². The minimum atomic E-state index is 0.740. The van der Waals surface area contributed by atoms with E-state index in [1.165, 1.54) is 11.1 Å². The Hall–Kier alpha value is -1.96. The van der Waals surface area contributed by atoms with Gasteiger partial charge in [-0.3, -0.25) is 0 Å². The molecule has 0 saturated heterocycles. The van der Waals surface area contributed by atoms with Crippen LogP contribution in [0, 0.1) is 6.92 Å². The van der Waals surface area contributed by atoms with Gasteiger partial charge in [0.05, 0.1) is 6.61 Å². The van der Waals surface area contributed by atoms with Crippen LogP contribution in [-0.2, 0) is 6.42 Å². The summed E-state index contributed by atoms with van der Waals surface area (Å²) < 4.78 is 5.29. The summed E-state index contributed by atoms with van der Waals surface area (Å²) in [5.41, 5.74) is 8.93. The second-order valence-corrected chi connectivity index (χ2v) is 4.35. The molecular formula is C19H29NO. The molecule has 2 heteroatoms. The number of aryl methyl sites for hydroxylation is 2. The minimum absolute atomic E-state index is 0.740. The van der Waals surface area contributed by atoms with Gasteiger partial charge < -0.3 is 10.5 Å². The Labute approximate surface area is 130 Å². The van der Waals surface area contributed by atoms with E-state index in [0.717, 1.165) is 24.5 Å². The van der Waals surface area contributed by atoms with Crippen LogP contribution in [0.25, 0.3) is 0 Å². The van der Waals surface area contributed by atoms with Crippen LogP contribution in [0.5, 0.6) is 5.75 Å². The van der Waals surface area contributed by atoms with Crippen LogP contribution >= 0.6 is 0 Å². The van der Waals surface area contributed by atoms with Gasteiger partial charge in [-0.05, 0) is 55.7 Å². The molecule has 2 nitrogen and oxygen atoms in total. The van der Waals surface area contributed by atoms with E-state index in [9.17, 15) is 0 Å². The monoisotopic (exact) mass is 287 g/mol. The molecule has 0 aliphatic heterocycles. The molecule has 0 unspecified atom stereocenters. The molecule has 0 aliphatic rings. The predicted molar refractivity (Wildman–Crippen MR) is 93.9 cm³/mol. The van der Waals surface area contributed by atoms with Gasteiger partial charge in [0, 0.05) is 5.69 Å². The average molecular weight is 287 g/mol. The van der Waals surface area contributed by atoms with Crippen molar-refractivity contribution >= 4 is 5.69 Å². The molecular weight excluding hydrogens is 258 g/mol. The maximum absolute atomic E-state index is 5.53. The molecule has 0 bridgehead atoms. The number of hydrogen-bond donors (Lipinski definition) is 1. The number of hydrogen-bond acceptors (Lipinski definition) is 2. The average Bonchev–Trinajstić information content (AvgIpc) is 2.50. The van der Waals surface area contributed by atoms with Gasteiger partial charge in [0.25, 0.3) is 0 Å². The van der Waals surface area contributed by atoms with E-state index < -0.39 is 0 Å². The first-order valence-electron chi connectivity index (χ1n) is 7.69. The molecule has 0 fully saturated rings. The van der Waals surface area contributed by atoms with Crippen molar-refractivity contribution < 1.29 is 4.74 Å². The van der Waals surface area contributed by atoms with Crippen molar-refractivity contribution in [2.24, 2.45) is 0 Å². The summed E-state index contributed by atoms with van der Waals surface area (Å²) in [6.45, 7) is 10.9. The highest BCUT2D eigenvalue weighted by Gasteiger charge is 1.89. The van der Waals surface area contributed by atoms with Gasteiger partial charge in [0.2, 0.25) is 0 Å². The first kappa shape index (κ1) is 19.0. The smallest absolute Gasteiger partial charge is 0.119 e. The van der Waals surface area contributed by atoms with Crippen LogP contribution in [0.1, 0.15) is 38.8 Å². The van der Waals surface area contributed by atoms with Gasteiger partial charge in [-0.2, -0.15) is 0 Å². The lowest BCUT2D eigenvalue weighted by atomic mass is 10.1. The van der Waals surface area contributed by atoms with E-state index in [2.05, 4.69) is 26.0 Å². The summed E-state index contributed by atoms with van der Waals surface area (Å²) in [6, 6.07) is 16.0. The standard InChI is InChI=1S/C9H12O.C8H11N.C2H6/c1-3-10-9-6-4-5-8(2)7-9;1-2-7-4-3-5-8(9)6-7;1-2/h4-7H,3H2,1-2H3;3-6H,2,9H2,1H3;1-2H3. The number of ether oxygens (including phenoxy) is 1. The minimum Gasteiger partial charge on any atom is -0.494 e. The third-order valence-electron chi connectivity index (χ3n) is 2.66. The van der Waals surface area contributed by atoms with E-state index in [-0.39, 0.29) is 0 Å². The van der Waals surface area contributed by atoms with E-state index in [1.807, 2.05) is 57.2 Å². The molecule has 0 saturated carbocycles. The van der Waals surface area contributed by atoms with Crippen molar-refractivity contribution in [2.45, 2.75) is 41.0 Å². The van der Waals surface area contributed by atoms with E-state index >= 15 is 0 Å². The van der Waals surface area contributed by atoms with Crippen LogP contribution in [0.4, 0.5) is 5.69 Å². The molecule has 0 amide bonds. The molecule has 0 atom stereocenters. The van der Waals surface area contributed by atoms with Crippen molar-refractivity contribution in [1.82, 2.24) is 0 Å². The first-order valence-corrected chi connectivity index (χ1v) is 7.69. The Morgan fingerprint density at radius 3 is 2.10 bits per heavy atom. The molecule has 0 radical (unpaired) electrons.